The lowest BCUT2D eigenvalue weighted by Gasteiger charge is -2.25. The molecule has 1 aliphatic rings. The van der Waals surface area contributed by atoms with Gasteiger partial charge >= 0.3 is 12.1 Å². The largest absolute Gasteiger partial charge is 0.490 e. The van der Waals surface area contributed by atoms with Crippen molar-refractivity contribution >= 4 is 23.4 Å². The van der Waals surface area contributed by atoms with Gasteiger partial charge < -0.3 is 30.2 Å². The summed E-state index contributed by atoms with van der Waals surface area (Å²) in [6.45, 7) is 0.165. The number of aliphatic carboxylic acids is 1. The zero-order valence-corrected chi connectivity index (χ0v) is 16.1. The fourth-order valence-corrected chi connectivity index (χ4v) is 2.57. The van der Waals surface area contributed by atoms with Crippen molar-refractivity contribution in [1.82, 2.24) is 5.16 Å². The Hall–Kier alpha value is -4.22. The Morgan fingerprint density at radius 2 is 1.72 bits per heavy atom. The summed E-state index contributed by atoms with van der Waals surface area (Å²) in [5.41, 5.74) is 7.90. The van der Waals surface area contributed by atoms with Gasteiger partial charge in [0.05, 0.1) is 11.8 Å². The van der Waals surface area contributed by atoms with Gasteiger partial charge in [0.15, 0.2) is 11.5 Å². The van der Waals surface area contributed by atoms with Crippen molar-refractivity contribution in [2.75, 3.05) is 17.7 Å². The molecule has 12 heteroatoms. The van der Waals surface area contributed by atoms with Crippen LogP contribution < -0.4 is 20.5 Å². The fourth-order valence-electron chi connectivity index (χ4n) is 2.57. The number of anilines is 2. The van der Waals surface area contributed by atoms with Crippen LogP contribution in [0.15, 0.2) is 59.3 Å². The summed E-state index contributed by atoms with van der Waals surface area (Å²) in [5.74, 6) is -1.57. The summed E-state index contributed by atoms with van der Waals surface area (Å²) < 4.78 is 47.8. The Kier molecular flexibility index (Phi) is 6.52. The number of halogens is 3. The third kappa shape index (κ3) is 5.47. The summed E-state index contributed by atoms with van der Waals surface area (Å²) in [7, 11) is 0. The molecule has 168 valence electrons. The van der Waals surface area contributed by atoms with E-state index in [9.17, 15) is 18.0 Å². The maximum Gasteiger partial charge on any atom is 0.490 e. The van der Waals surface area contributed by atoms with Crippen molar-refractivity contribution in [2.24, 2.45) is 0 Å². The molecule has 0 saturated heterocycles. The zero-order valence-electron chi connectivity index (χ0n) is 16.1. The fraction of sp³-hybridized carbons (Fsp3) is 0.150. The molecule has 4 N–H and O–H groups in total. The van der Waals surface area contributed by atoms with Crippen LogP contribution in [0.3, 0.4) is 0 Å². The van der Waals surface area contributed by atoms with Crippen LogP contribution in [0.4, 0.5) is 24.7 Å². The highest BCUT2D eigenvalue weighted by Gasteiger charge is 2.38. The first kappa shape index (κ1) is 22.5. The molecule has 9 nitrogen and oxygen atoms in total. The molecule has 0 fully saturated rings. The number of benzene rings is 2. The maximum absolute atomic E-state index is 12.4. The Morgan fingerprint density at radius 3 is 2.28 bits per heavy atom. The number of nitrogens with two attached hydrogens (primary N) is 1. The minimum absolute atomic E-state index is 0.165. The molecule has 2 heterocycles. The molecule has 1 aliphatic heterocycles. The van der Waals surface area contributed by atoms with Gasteiger partial charge in [-0.1, -0.05) is 29.4 Å². The van der Waals surface area contributed by atoms with Crippen LogP contribution in [-0.2, 0) is 9.59 Å². The number of hydrogen-bond donors (Lipinski definition) is 3. The first-order valence-electron chi connectivity index (χ1n) is 8.95. The second-order valence-corrected chi connectivity index (χ2v) is 6.34. The van der Waals surface area contributed by atoms with Crippen molar-refractivity contribution in [2.45, 2.75) is 12.3 Å². The number of rotatable bonds is 3. The van der Waals surface area contributed by atoms with Gasteiger partial charge in [-0.25, -0.2) is 4.79 Å². The minimum Gasteiger partial charge on any atom is -0.485 e. The van der Waals surface area contributed by atoms with E-state index in [0.717, 1.165) is 5.56 Å². The average Bonchev–Trinajstić information content (AvgIpc) is 3.19. The molecular weight excluding hydrogens is 435 g/mol. The molecule has 1 aromatic heterocycles. The number of carboxylic acids is 1. The molecule has 3 aromatic rings. The molecule has 1 unspecified atom stereocenters. The van der Waals surface area contributed by atoms with Crippen molar-refractivity contribution in [3.8, 4) is 22.6 Å². The lowest BCUT2D eigenvalue weighted by Crippen LogP contribution is -2.40. The van der Waals surface area contributed by atoms with Crippen molar-refractivity contribution < 1.29 is 41.9 Å². The molecule has 0 spiro atoms. The average molecular weight is 451 g/mol. The van der Waals surface area contributed by atoms with E-state index in [1.54, 1.807) is 30.5 Å². The zero-order chi connectivity index (χ0) is 23.3. The van der Waals surface area contributed by atoms with Gasteiger partial charge in [0, 0.05) is 5.69 Å². The molecule has 2 aromatic carbocycles. The maximum atomic E-state index is 12.4. The highest BCUT2D eigenvalue weighted by atomic mass is 19.4. The van der Waals surface area contributed by atoms with E-state index in [2.05, 4.69) is 10.5 Å². The van der Waals surface area contributed by atoms with Crippen LogP contribution in [0.25, 0.3) is 11.1 Å². The molecule has 1 atom stereocenters. The molecule has 0 bridgehead atoms. The van der Waals surface area contributed by atoms with E-state index < -0.39 is 18.2 Å². The Morgan fingerprint density at radius 1 is 1.09 bits per heavy atom. The van der Waals surface area contributed by atoms with Gasteiger partial charge in [-0.15, -0.1) is 0 Å². The van der Waals surface area contributed by atoms with Gasteiger partial charge in [-0.2, -0.15) is 13.2 Å². The van der Waals surface area contributed by atoms with E-state index in [4.69, 9.17) is 29.6 Å². The monoisotopic (exact) mass is 451 g/mol. The van der Waals surface area contributed by atoms with E-state index >= 15 is 0 Å². The van der Waals surface area contributed by atoms with E-state index in [1.165, 1.54) is 0 Å². The number of ether oxygens (including phenoxy) is 2. The SMILES string of the molecule is Nc1oncc1-c1ccc(NC(=O)C2COc3ccccc3O2)cc1.O=C(O)C(F)(F)F. The molecule has 0 radical (unpaired) electrons. The van der Waals surface area contributed by atoms with Gasteiger partial charge in [0.25, 0.3) is 5.91 Å². The predicted octanol–water partition coefficient (Wildman–Crippen LogP) is 3.34. The first-order valence-corrected chi connectivity index (χ1v) is 8.95. The lowest BCUT2D eigenvalue weighted by molar-refractivity contribution is -0.192. The number of nitrogens with one attached hydrogen (secondary N) is 1. The molecular formula is C20H16F3N3O6. The number of nitrogen functional groups attached to an aromatic ring is 1. The third-order valence-corrected chi connectivity index (χ3v) is 4.11. The Balaban J connectivity index is 0.000000360. The summed E-state index contributed by atoms with van der Waals surface area (Å²) in [4.78, 5) is 21.3. The highest BCUT2D eigenvalue weighted by molar-refractivity contribution is 5.95. The summed E-state index contributed by atoms with van der Waals surface area (Å²) in [5, 5.41) is 13.6. The van der Waals surface area contributed by atoms with Crippen LogP contribution in [0.1, 0.15) is 0 Å². The van der Waals surface area contributed by atoms with Crippen molar-refractivity contribution in [1.29, 1.82) is 0 Å². The topological polar surface area (TPSA) is 137 Å². The van der Waals surface area contributed by atoms with E-state index in [-0.39, 0.29) is 18.4 Å². The summed E-state index contributed by atoms with van der Waals surface area (Å²) >= 11 is 0. The molecule has 0 saturated carbocycles. The number of nitrogens with zero attached hydrogens (tertiary/aromatic N) is 1. The second kappa shape index (κ2) is 9.29. The lowest BCUT2D eigenvalue weighted by atomic mass is 10.1. The smallest absolute Gasteiger partial charge is 0.485 e. The highest BCUT2D eigenvalue weighted by Crippen LogP contribution is 2.31. The number of carbonyl (C=O) groups excluding carboxylic acids is 1. The molecule has 0 aliphatic carbocycles. The number of fused-ring (bicyclic) bond motifs is 1. The first-order chi connectivity index (χ1) is 15.1. The number of carbonyl (C=O) groups is 2. The molecule has 1 amide bonds. The van der Waals surface area contributed by atoms with Crippen molar-refractivity contribution in [3.63, 3.8) is 0 Å². The van der Waals surface area contributed by atoms with Crippen LogP contribution in [0.5, 0.6) is 11.5 Å². The summed E-state index contributed by atoms with van der Waals surface area (Å²) in [6, 6.07) is 14.5. The quantitative estimate of drug-likeness (QED) is 0.552. The third-order valence-electron chi connectivity index (χ3n) is 4.11. The molecule has 4 rings (SSSR count). The van der Waals surface area contributed by atoms with Gasteiger partial charge in [0.1, 0.15) is 6.61 Å². The van der Waals surface area contributed by atoms with Crippen LogP contribution in [0, 0.1) is 0 Å². The minimum atomic E-state index is -5.08. The summed E-state index contributed by atoms with van der Waals surface area (Å²) in [6.07, 6.45) is -4.24. The number of hydrogen-bond acceptors (Lipinski definition) is 7. The number of carboxylic acid groups (broad SMARTS) is 1. The van der Waals surface area contributed by atoms with Gasteiger partial charge in [0.2, 0.25) is 12.0 Å². The van der Waals surface area contributed by atoms with Gasteiger partial charge in [-0.05, 0) is 29.8 Å². The van der Waals surface area contributed by atoms with Gasteiger partial charge in [-0.3, -0.25) is 4.79 Å². The van der Waals surface area contributed by atoms with Crippen molar-refractivity contribution in [3.05, 3.63) is 54.7 Å². The Bertz CT molecular complexity index is 1100. The number of amides is 1. The second-order valence-electron chi connectivity index (χ2n) is 6.34. The predicted molar refractivity (Wildman–Crippen MR) is 105 cm³/mol. The number of para-hydroxylation sites is 2. The van der Waals surface area contributed by atoms with E-state index in [0.29, 0.717) is 22.7 Å². The normalized spacial score (nSPS) is 14.7. The Labute approximate surface area is 178 Å². The van der Waals surface area contributed by atoms with Crippen LogP contribution >= 0.6 is 0 Å². The molecule has 32 heavy (non-hydrogen) atoms. The van der Waals surface area contributed by atoms with Crippen LogP contribution in [0.2, 0.25) is 0 Å². The number of aromatic nitrogens is 1. The standard InChI is InChI=1S/C18H15N3O4.C2HF3O2/c19-17-13(9-20-25-17)11-5-7-12(8-6-11)21-18(22)16-10-23-14-3-1-2-4-15(14)24-16;3-2(4,5)1(6)7/h1-9,16H,10,19H2,(H,21,22);(H,6,7). The van der Waals surface area contributed by atoms with E-state index in [1.807, 2.05) is 24.3 Å². The number of alkyl halides is 3. The van der Waals surface area contributed by atoms with Crippen LogP contribution in [-0.4, -0.2) is 41.0 Å².